The van der Waals surface area contributed by atoms with E-state index in [-0.39, 0.29) is 25.2 Å². The Bertz CT molecular complexity index is 1460. The molecule has 0 radical (unpaired) electrons. The van der Waals surface area contributed by atoms with Gasteiger partial charge >= 0.3 is 11.9 Å². The molecule has 0 saturated carbocycles. The summed E-state index contributed by atoms with van der Waals surface area (Å²) in [5.74, 6) is -0.590. The Morgan fingerprint density at radius 3 is 0.867 bits per heavy atom. The van der Waals surface area contributed by atoms with E-state index in [1.165, 1.54) is 173 Å². The minimum absolute atomic E-state index is 0.0696. The van der Waals surface area contributed by atoms with Gasteiger partial charge in [0.25, 0.3) is 0 Å². The first kappa shape index (κ1) is 71.6. The van der Waals surface area contributed by atoms with Crippen LogP contribution in [0.15, 0.2) is 109 Å². The summed E-state index contributed by atoms with van der Waals surface area (Å²) in [6.07, 6.45) is 93.7. The fraction of sp³-hybridized carbons (Fsp3) is 0.714. The fourth-order valence-corrected chi connectivity index (χ4v) is 9.08. The first-order chi connectivity index (χ1) is 37.1. The number of ether oxygens (including phenoxy) is 2. The summed E-state index contributed by atoms with van der Waals surface area (Å²) >= 11 is 0. The molecule has 0 saturated heterocycles. The van der Waals surface area contributed by atoms with E-state index in [0.717, 1.165) is 103 Å². The largest absolute Gasteiger partial charge is 0.462 e. The highest BCUT2D eigenvalue weighted by Crippen LogP contribution is 2.17. The molecule has 430 valence electrons. The van der Waals surface area contributed by atoms with Crippen LogP contribution in [0.3, 0.4) is 0 Å². The van der Waals surface area contributed by atoms with E-state index in [1.807, 2.05) is 0 Å². The minimum Gasteiger partial charge on any atom is -0.462 e. The lowest BCUT2D eigenvalue weighted by molar-refractivity contribution is -0.161. The van der Waals surface area contributed by atoms with Gasteiger partial charge < -0.3 is 14.6 Å². The number of rotatable bonds is 58. The van der Waals surface area contributed by atoms with E-state index in [1.54, 1.807) is 0 Å². The van der Waals surface area contributed by atoms with Crippen LogP contribution in [0.25, 0.3) is 0 Å². The number of hydrogen-bond donors (Lipinski definition) is 1. The van der Waals surface area contributed by atoms with Crippen LogP contribution in [0.5, 0.6) is 0 Å². The van der Waals surface area contributed by atoms with Crippen LogP contribution >= 0.6 is 0 Å². The minimum atomic E-state index is -0.781. The zero-order valence-corrected chi connectivity index (χ0v) is 49.3. The molecule has 1 atom stereocenters. The number of hydrogen-bond acceptors (Lipinski definition) is 5. The molecule has 75 heavy (non-hydrogen) atoms. The zero-order valence-electron chi connectivity index (χ0n) is 49.3. The van der Waals surface area contributed by atoms with Crippen molar-refractivity contribution in [3.63, 3.8) is 0 Å². The summed E-state index contributed by atoms with van der Waals surface area (Å²) in [4.78, 5) is 24.6. The third-order valence-electron chi connectivity index (χ3n) is 13.8. The normalized spacial score (nSPS) is 12.9. The van der Waals surface area contributed by atoms with E-state index in [9.17, 15) is 14.7 Å². The smallest absolute Gasteiger partial charge is 0.306 e. The maximum atomic E-state index is 12.3. The van der Waals surface area contributed by atoms with Crippen molar-refractivity contribution in [2.75, 3.05) is 13.2 Å². The van der Waals surface area contributed by atoms with Crippen molar-refractivity contribution < 1.29 is 24.2 Å². The van der Waals surface area contributed by atoms with Crippen LogP contribution in [0, 0.1) is 0 Å². The van der Waals surface area contributed by atoms with Crippen molar-refractivity contribution in [2.45, 2.75) is 309 Å². The third kappa shape index (κ3) is 63.0. The molecule has 0 aliphatic rings. The maximum absolute atomic E-state index is 12.3. The van der Waals surface area contributed by atoms with Gasteiger partial charge in [0.15, 0.2) is 6.10 Å². The molecule has 0 rings (SSSR count). The average molecular weight is 1040 g/mol. The van der Waals surface area contributed by atoms with Crippen molar-refractivity contribution in [1.82, 2.24) is 0 Å². The number of esters is 2. The van der Waals surface area contributed by atoms with Crippen molar-refractivity contribution in [3.8, 4) is 0 Å². The summed E-state index contributed by atoms with van der Waals surface area (Å²) in [7, 11) is 0. The van der Waals surface area contributed by atoms with Crippen LogP contribution in [0.2, 0.25) is 0 Å². The van der Waals surface area contributed by atoms with Crippen LogP contribution in [0.4, 0.5) is 0 Å². The van der Waals surface area contributed by atoms with E-state index in [0.29, 0.717) is 12.8 Å². The lowest BCUT2D eigenvalue weighted by atomic mass is 10.0. The Morgan fingerprint density at radius 1 is 0.320 bits per heavy atom. The molecule has 0 aliphatic carbocycles. The summed E-state index contributed by atoms with van der Waals surface area (Å²) < 4.78 is 10.7. The van der Waals surface area contributed by atoms with Gasteiger partial charge in [-0.2, -0.15) is 0 Å². The van der Waals surface area contributed by atoms with E-state index < -0.39 is 6.10 Å². The van der Waals surface area contributed by atoms with Crippen LogP contribution in [0.1, 0.15) is 303 Å². The van der Waals surface area contributed by atoms with E-state index in [2.05, 4.69) is 123 Å². The van der Waals surface area contributed by atoms with Crippen LogP contribution in [-0.2, 0) is 19.1 Å². The van der Waals surface area contributed by atoms with E-state index >= 15 is 0 Å². The molecule has 0 aromatic heterocycles. The summed E-state index contributed by atoms with van der Waals surface area (Å²) in [5.41, 5.74) is 0. The Labute approximate surface area is 465 Å². The number of carbonyl (C=O) groups is 2. The fourth-order valence-electron chi connectivity index (χ4n) is 9.08. The summed E-state index contributed by atoms with van der Waals surface area (Å²) in [6, 6.07) is 0. The summed E-state index contributed by atoms with van der Waals surface area (Å²) in [6.45, 7) is 4.05. The Hall–Kier alpha value is -3.44. The second kappa shape index (κ2) is 64.8. The molecule has 1 unspecified atom stereocenters. The van der Waals surface area contributed by atoms with Crippen molar-refractivity contribution in [3.05, 3.63) is 109 Å². The topological polar surface area (TPSA) is 72.8 Å². The number of aliphatic hydroxyl groups excluding tert-OH is 1. The van der Waals surface area contributed by atoms with Gasteiger partial charge in [-0.25, -0.2) is 0 Å². The highest BCUT2D eigenvalue weighted by atomic mass is 16.6. The second-order valence-electron chi connectivity index (χ2n) is 21.1. The Kier molecular flexibility index (Phi) is 61.9. The number of unbranched alkanes of at least 4 members (excludes halogenated alkanes) is 32. The lowest BCUT2D eigenvalue weighted by Crippen LogP contribution is -2.28. The van der Waals surface area contributed by atoms with Gasteiger partial charge in [0.2, 0.25) is 0 Å². The van der Waals surface area contributed by atoms with Gasteiger partial charge in [0.1, 0.15) is 6.61 Å². The van der Waals surface area contributed by atoms with Crippen LogP contribution < -0.4 is 0 Å². The quantitative estimate of drug-likeness (QED) is 0.0373. The van der Waals surface area contributed by atoms with E-state index in [4.69, 9.17) is 9.47 Å². The monoisotopic (exact) mass is 1040 g/mol. The van der Waals surface area contributed by atoms with Gasteiger partial charge in [-0.1, -0.05) is 316 Å². The molecule has 0 bridgehead atoms. The molecule has 0 fully saturated rings. The Morgan fingerprint density at radius 2 is 0.573 bits per heavy atom. The average Bonchev–Trinajstić information content (AvgIpc) is 3.41. The molecule has 5 heteroatoms. The molecular weight excluding hydrogens is 921 g/mol. The van der Waals surface area contributed by atoms with Crippen molar-refractivity contribution >= 4 is 11.9 Å². The highest BCUT2D eigenvalue weighted by molar-refractivity contribution is 5.70. The molecule has 0 aliphatic heterocycles. The van der Waals surface area contributed by atoms with Gasteiger partial charge in [-0.3, -0.25) is 9.59 Å². The molecule has 0 spiro atoms. The number of aliphatic hydroxyl groups is 1. The SMILES string of the molecule is CC/C=C\C/C=C\C/C=C\C/C=C\C/C=C\C/C=C\C/C=C\C/C=C\C/C=C\CCCCCCCCCCCC(=O)OC(CO)COC(=O)CCCCCCCCCCCCCCCCCCCCCCCCCC. The molecule has 1 N–H and O–H groups in total. The number of carbonyl (C=O) groups excluding carboxylic acids is 2. The molecule has 0 aromatic carbocycles. The zero-order chi connectivity index (χ0) is 54.1. The first-order valence-electron chi connectivity index (χ1n) is 31.9. The first-order valence-corrected chi connectivity index (χ1v) is 31.9. The highest BCUT2D eigenvalue weighted by Gasteiger charge is 2.16. The third-order valence-corrected chi connectivity index (χ3v) is 13.8. The molecule has 0 aromatic rings. The second-order valence-corrected chi connectivity index (χ2v) is 21.1. The van der Waals surface area contributed by atoms with Gasteiger partial charge in [0, 0.05) is 12.8 Å². The predicted molar refractivity (Wildman–Crippen MR) is 329 cm³/mol. The molecule has 0 heterocycles. The Balaban J connectivity index is 3.53. The van der Waals surface area contributed by atoms with Gasteiger partial charge in [-0.15, -0.1) is 0 Å². The van der Waals surface area contributed by atoms with Crippen LogP contribution in [-0.4, -0.2) is 36.4 Å². The predicted octanol–water partition coefficient (Wildman–Crippen LogP) is 22.0. The summed E-state index contributed by atoms with van der Waals surface area (Å²) in [5, 5.41) is 9.68. The molecule has 0 amide bonds. The molecular formula is C70H120O5. The lowest BCUT2D eigenvalue weighted by Gasteiger charge is -2.15. The maximum Gasteiger partial charge on any atom is 0.306 e. The van der Waals surface area contributed by atoms with Crippen molar-refractivity contribution in [1.29, 1.82) is 0 Å². The van der Waals surface area contributed by atoms with Gasteiger partial charge in [0.05, 0.1) is 6.61 Å². The van der Waals surface area contributed by atoms with Crippen molar-refractivity contribution in [2.24, 2.45) is 0 Å². The van der Waals surface area contributed by atoms with Gasteiger partial charge in [-0.05, 0) is 83.5 Å². The number of allylic oxidation sites excluding steroid dienone is 18. The standard InChI is InChI=1S/C70H120O5/c1-3-5-7-9-11-13-15-17-19-21-23-25-27-29-30-31-32-33-34-35-36-37-38-39-40-41-43-45-47-49-51-53-55-57-59-61-63-65-70(73)75-68(66-71)67-74-69(72)64-62-60-58-56-54-52-50-48-46-44-42-28-26-24-22-20-18-16-14-12-10-8-6-4-2/h5,7,11,13,17,19,23,25,29-30,32-33,35-36,38-39,41,43,68,71H,3-4,6,8-10,12,14-16,18,20-22,24,26-28,31,34,37,40,42,44-67H2,1-2H3/b7-5-,13-11-,19-17-,25-23-,30-29-,33-32-,36-35-,39-38-,43-41-. The molecule has 5 nitrogen and oxygen atoms in total.